The Kier molecular flexibility index (Phi) is 4.18. The summed E-state index contributed by atoms with van der Waals surface area (Å²) in [5.41, 5.74) is 6.69. The lowest BCUT2D eigenvalue weighted by Crippen LogP contribution is -2.31. The zero-order chi connectivity index (χ0) is 12.3. The van der Waals surface area contributed by atoms with Gasteiger partial charge in [0.2, 0.25) is 5.91 Å². The molecule has 3 nitrogen and oxygen atoms in total. The summed E-state index contributed by atoms with van der Waals surface area (Å²) in [5, 5.41) is 0. The first-order valence-corrected chi connectivity index (χ1v) is 6.70. The second kappa shape index (κ2) is 5.65. The van der Waals surface area contributed by atoms with E-state index in [-0.39, 0.29) is 5.91 Å². The van der Waals surface area contributed by atoms with E-state index in [4.69, 9.17) is 5.73 Å². The third kappa shape index (κ3) is 3.30. The van der Waals surface area contributed by atoms with Crippen molar-refractivity contribution in [3.8, 4) is 0 Å². The van der Waals surface area contributed by atoms with Gasteiger partial charge >= 0.3 is 0 Å². The number of carbonyl (C=O) groups excluding carboxylic acids is 1. The van der Waals surface area contributed by atoms with Crippen molar-refractivity contribution >= 4 is 21.8 Å². The van der Waals surface area contributed by atoms with Crippen molar-refractivity contribution < 1.29 is 4.79 Å². The molecule has 1 aromatic carbocycles. The van der Waals surface area contributed by atoms with E-state index in [1.54, 1.807) is 0 Å². The Bertz CT molecular complexity index is 391. The summed E-state index contributed by atoms with van der Waals surface area (Å²) in [6.45, 7) is 2.37. The number of nitrogens with two attached hydrogens (primary N) is 1. The molecule has 0 saturated carbocycles. The van der Waals surface area contributed by atoms with Gasteiger partial charge in [-0.2, -0.15) is 0 Å². The fraction of sp³-hybridized carbons (Fsp3) is 0.462. The van der Waals surface area contributed by atoms with Gasteiger partial charge in [0.15, 0.2) is 0 Å². The number of hydrogen-bond donors (Lipinski definition) is 1. The van der Waals surface area contributed by atoms with E-state index in [1.807, 2.05) is 29.2 Å². The predicted molar refractivity (Wildman–Crippen MR) is 71.6 cm³/mol. The van der Waals surface area contributed by atoms with Crippen LogP contribution < -0.4 is 5.73 Å². The van der Waals surface area contributed by atoms with Gasteiger partial charge in [0.05, 0.1) is 6.42 Å². The second-order valence-electron chi connectivity index (χ2n) is 4.53. The lowest BCUT2D eigenvalue weighted by Gasteiger charge is -2.16. The number of benzene rings is 1. The molecule has 0 unspecified atom stereocenters. The molecule has 1 fully saturated rings. The zero-order valence-corrected chi connectivity index (χ0v) is 11.3. The normalized spacial score (nSPS) is 19.6. The quantitative estimate of drug-likeness (QED) is 0.924. The Labute approximate surface area is 110 Å². The van der Waals surface area contributed by atoms with Crippen LogP contribution in [0.3, 0.4) is 0 Å². The predicted octanol–water partition coefficient (Wildman–Crippen LogP) is 1.80. The summed E-state index contributed by atoms with van der Waals surface area (Å²) < 4.78 is 1.04. The Hall–Kier alpha value is -0.870. The highest BCUT2D eigenvalue weighted by molar-refractivity contribution is 9.10. The van der Waals surface area contributed by atoms with Crippen LogP contribution >= 0.6 is 15.9 Å². The van der Waals surface area contributed by atoms with Gasteiger partial charge in [-0.3, -0.25) is 4.79 Å². The van der Waals surface area contributed by atoms with Gasteiger partial charge in [-0.1, -0.05) is 28.1 Å². The van der Waals surface area contributed by atoms with Crippen LogP contribution in [0.1, 0.15) is 12.0 Å². The van der Waals surface area contributed by atoms with Crippen molar-refractivity contribution in [3.63, 3.8) is 0 Å². The highest BCUT2D eigenvalue weighted by Crippen LogP contribution is 2.17. The summed E-state index contributed by atoms with van der Waals surface area (Å²) in [5.74, 6) is 0.701. The van der Waals surface area contributed by atoms with E-state index >= 15 is 0 Å². The molecule has 2 N–H and O–H groups in total. The minimum absolute atomic E-state index is 0.211. The monoisotopic (exact) mass is 296 g/mol. The topological polar surface area (TPSA) is 46.3 Å². The van der Waals surface area contributed by atoms with Crippen LogP contribution in [0.5, 0.6) is 0 Å². The molecule has 0 bridgehead atoms. The zero-order valence-electron chi connectivity index (χ0n) is 9.73. The number of likely N-dealkylation sites (tertiary alicyclic amines) is 1. The smallest absolute Gasteiger partial charge is 0.226 e. The molecule has 1 heterocycles. The number of rotatable bonds is 3. The lowest BCUT2D eigenvalue weighted by atomic mass is 10.1. The van der Waals surface area contributed by atoms with E-state index < -0.39 is 0 Å². The summed E-state index contributed by atoms with van der Waals surface area (Å²) in [7, 11) is 0. The van der Waals surface area contributed by atoms with E-state index in [0.717, 1.165) is 29.5 Å². The van der Waals surface area contributed by atoms with Crippen LogP contribution in [0.25, 0.3) is 0 Å². The number of amides is 1. The maximum Gasteiger partial charge on any atom is 0.226 e. The Morgan fingerprint density at radius 3 is 2.71 bits per heavy atom. The first-order valence-electron chi connectivity index (χ1n) is 5.91. The van der Waals surface area contributed by atoms with Gasteiger partial charge < -0.3 is 10.6 Å². The highest BCUT2D eigenvalue weighted by atomic mass is 79.9. The van der Waals surface area contributed by atoms with E-state index in [1.165, 1.54) is 0 Å². The van der Waals surface area contributed by atoms with E-state index in [2.05, 4.69) is 15.9 Å². The van der Waals surface area contributed by atoms with Gasteiger partial charge in [0.1, 0.15) is 0 Å². The first-order chi connectivity index (χ1) is 8.19. The highest BCUT2D eigenvalue weighted by Gasteiger charge is 2.24. The van der Waals surface area contributed by atoms with Crippen molar-refractivity contribution in [2.24, 2.45) is 11.7 Å². The fourth-order valence-corrected chi connectivity index (χ4v) is 2.40. The molecule has 2 rings (SSSR count). The van der Waals surface area contributed by atoms with Crippen LogP contribution in [-0.4, -0.2) is 30.4 Å². The third-order valence-corrected chi connectivity index (χ3v) is 3.77. The molecule has 4 heteroatoms. The summed E-state index contributed by atoms with van der Waals surface area (Å²) in [4.78, 5) is 14.0. The number of hydrogen-bond acceptors (Lipinski definition) is 2. The second-order valence-corrected chi connectivity index (χ2v) is 5.45. The largest absolute Gasteiger partial charge is 0.342 e. The van der Waals surface area contributed by atoms with Crippen molar-refractivity contribution in [2.75, 3.05) is 19.6 Å². The lowest BCUT2D eigenvalue weighted by molar-refractivity contribution is -0.129. The molecule has 17 heavy (non-hydrogen) atoms. The molecular formula is C13H17BrN2O. The Morgan fingerprint density at radius 2 is 2.12 bits per heavy atom. The molecule has 1 atom stereocenters. The van der Waals surface area contributed by atoms with E-state index in [9.17, 15) is 4.79 Å². The molecule has 0 spiro atoms. The number of halogens is 1. The molecule has 0 radical (unpaired) electrons. The number of nitrogens with zero attached hydrogens (tertiary/aromatic N) is 1. The van der Waals surface area contributed by atoms with Crippen LogP contribution in [0, 0.1) is 5.92 Å². The molecule has 1 aliphatic rings. The Morgan fingerprint density at radius 1 is 1.41 bits per heavy atom. The summed E-state index contributed by atoms with van der Waals surface area (Å²) in [6, 6.07) is 7.90. The molecule has 1 aromatic rings. The van der Waals surface area contributed by atoms with Crippen LogP contribution in [0.15, 0.2) is 28.7 Å². The van der Waals surface area contributed by atoms with Crippen molar-refractivity contribution in [3.05, 3.63) is 34.3 Å². The maximum absolute atomic E-state index is 12.0. The van der Waals surface area contributed by atoms with E-state index in [0.29, 0.717) is 18.9 Å². The van der Waals surface area contributed by atoms with Crippen LogP contribution in [-0.2, 0) is 11.2 Å². The molecule has 1 saturated heterocycles. The standard InChI is InChI=1S/C13H17BrN2O/c14-12-3-1-10(2-4-12)7-13(17)16-6-5-11(8-15)9-16/h1-4,11H,5-9,15H2/t11-/m0/s1. The average molecular weight is 297 g/mol. The van der Waals surface area contributed by atoms with Gasteiger partial charge in [0, 0.05) is 17.6 Å². The van der Waals surface area contributed by atoms with Crippen molar-refractivity contribution in [1.82, 2.24) is 4.90 Å². The van der Waals surface area contributed by atoms with Crippen LogP contribution in [0.4, 0.5) is 0 Å². The first kappa shape index (κ1) is 12.6. The summed E-state index contributed by atoms with van der Waals surface area (Å²) in [6.07, 6.45) is 1.53. The van der Waals surface area contributed by atoms with Gasteiger partial charge in [-0.25, -0.2) is 0 Å². The number of carbonyl (C=O) groups is 1. The molecule has 92 valence electrons. The molecule has 0 aliphatic carbocycles. The molecular weight excluding hydrogens is 280 g/mol. The van der Waals surface area contributed by atoms with Gasteiger partial charge in [0.25, 0.3) is 0 Å². The minimum atomic E-state index is 0.211. The molecule has 1 aliphatic heterocycles. The SMILES string of the molecule is NC[C@@H]1CCN(C(=O)Cc2ccc(Br)cc2)C1. The average Bonchev–Trinajstić information content (AvgIpc) is 2.81. The van der Waals surface area contributed by atoms with Gasteiger partial charge in [-0.15, -0.1) is 0 Å². The molecule has 0 aromatic heterocycles. The van der Waals surface area contributed by atoms with Crippen molar-refractivity contribution in [1.29, 1.82) is 0 Å². The van der Waals surface area contributed by atoms with Crippen LogP contribution in [0.2, 0.25) is 0 Å². The minimum Gasteiger partial charge on any atom is -0.342 e. The molecule has 1 amide bonds. The Balaban J connectivity index is 1.91. The fourth-order valence-electron chi connectivity index (χ4n) is 2.14. The summed E-state index contributed by atoms with van der Waals surface area (Å²) >= 11 is 3.39. The van der Waals surface area contributed by atoms with Gasteiger partial charge in [-0.05, 0) is 36.6 Å². The van der Waals surface area contributed by atoms with Crippen molar-refractivity contribution in [2.45, 2.75) is 12.8 Å². The third-order valence-electron chi connectivity index (χ3n) is 3.24. The maximum atomic E-state index is 12.0.